The van der Waals surface area contributed by atoms with Crippen LogP contribution in [0.5, 0.6) is 0 Å². The number of amides is 2. The molecule has 1 saturated heterocycles. The van der Waals surface area contributed by atoms with Crippen molar-refractivity contribution in [1.29, 1.82) is 0 Å². The van der Waals surface area contributed by atoms with E-state index < -0.39 is 0 Å². The molecule has 3 heterocycles. The number of rotatable bonds is 4. The normalized spacial score (nSPS) is 15.4. The Morgan fingerprint density at radius 1 is 1.40 bits per heavy atom. The van der Waals surface area contributed by atoms with Crippen molar-refractivity contribution in [3.05, 3.63) is 17.3 Å². The minimum Gasteiger partial charge on any atom is -0.370 e. The van der Waals surface area contributed by atoms with E-state index in [1.165, 1.54) is 0 Å². The molecule has 1 N–H and O–H groups in total. The topological polar surface area (TPSA) is 61.4 Å². The molecule has 1 aliphatic heterocycles. The number of carbonyl (C=O) groups excluding carboxylic acids is 1. The minimum absolute atomic E-state index is 0.0462. The van der Waals surface area contributed by atoms with Crippen LogP contribution in [-0.2, 0) is 6.54 Å². The molecular formula is C13H17N5OS. The van der Waals surface area contributed by atoms with Crippen molar-refractivity contribution >= 4 is 33.4 Å². The zero-order valence-electron chi connectivity index (χ0n) is 11.6. The fourth-order valence-electron chi connectivity index (χ4n) is 2.29. The predicted molar refractivity (Wildman–Crippen MR) is 80.0 cm³/mol. The summed E-state index contributed by atoms with van der Waals surface area (Å²) in [7, 11) is 1.82. The van der Waals surface area contributed by atoms with Gasteiger partial charge in [0, 0.05) is 26.7 Å². The lowest BCUT2D eigenvalue weighted by atomic mass is 10.3. The third-order valence-corrected chi connectivity index (χ3v) is 4.16. The summed E-state index contributed by atoms with van der Waals surface area (Å²) in [6.45, 7) is 4.82. The van der Waals surface area contributed by atoms with Crippen molar-refractivity contribution in [3.63, 3.8) is 0 Å². The molecule has 1 aliphatic rings. The molecule has 1 fully saturated rings. The van der Waals surface area contributed by atoms with Crippen molar-refractivity contribution < 1.29 is 4.79 Å². The molecule has 106 valence electrons. The highest BCUT2D eigenvalue weighted by Gasteiger charge is 2.26. The van der Waals surface area contributed by atoms with Crippen LogP contribution in [0.2, 0.25) is 0 Å². The molecule has 6 nitrogen and oxygen atoms in total. The van der Waals surface area contributed by atoms with Gasteiger partial charge in [0.15, 0.2) is 5.82 Å². The van der Waals surface area contributed by atoms with Crippen LogP contribution >= 0.6 is 11.3 Å². The number of urea groups is 1. The minimum atomic E-state index is 0.0462. The highest BCUT2D eigenvalue weighted by molar-refractivity contribution is 7.16. The lowest BCUT2D eigenvalue weighted by Crippen LogP contribution is -2.29. The zero-order valence-corrected chi connectivity index (χ0v) is 12.4. The Labute approximate surface area is 121 Å². The van der Waals surface area contributed by atoms with Crippen LogP contribution in [0.1, 0.15) is 12.7 Å². The summed E-state index contributed by atoms with van der Waals surface area (Å²) in [5.74, 6) is 1.55. The average Bonchev–Trinajstić information content (AvgIpc) is 3.01. The van der Waals surface area contributed by atoms with Crippen molar-refractivity contribution in [1.82, 2.24) is 19.8 Å². The fraction of sp³-hybridized carbons (Fsp3) is 0.462. The van der Waals surface area contributed by atoms with Gasteiger partial charge in [0.2, 0.25) is 0 Å². The van der Waals surface area contributed by atoms with Gasteiger partial charge in [0.05, 0.1) is 11.9 Å². The highest BCUT2D eigenvalue weighted by Crippen LogP contribution is 2.25. The highest BCUT2D eigenvalue weighted by atomic mass is 32.1. The maximum atomic E-state index is 11.9. The number of nitrogens with zero attached hydrogens (tertiary/aromatic N) is 4. The summed E-state index contributed by atoms with van der Waals surface area (Å²) >= 11 is 1.60. The smallest absolute Gasteiger partial charge is 0.320 e. The van der Waals surface area contributed by atoms with Gasteiger partial charge in [-0.25, -0.2) is 14.8 Å². The van der Waals surface area contributed by atoms with Crippen LogP contribution in [0.15, 0.2) is 11.4 Å². The SMILES string of the molecule is CCNc1nc(CN2CCN(C)C2=O)nc2sccc12. The predicted octanol–water partition coefficient (Wildman–Crippen LogP) is 1.99. The molecule has 3 rings (SSSR count). The molecule has 0 saturated carbocycles. The molecule has 0 aromatic carbocycles. The summed E-state index contributed by atoms with van der Waals surface area (Å²) < 4.78 is 0. The van der Waals surface area contributed by atoms with Crippen LogP contribution in [-0.4, -0.2) is 52.5 Å². The molecule has 2 aromatic heterocycles. The van der Waals surface area contributed by atoms with Gasteiger partial charge in [-0.2, -0.15) is 0 Å². The van der Waals surface area contributed by atoms with E-state index in [1.807, 2.05) is 25.4 Å². The van der Waals surface area contributed by atoms with Gasteiger partial charge in [-0.1, -0.05) is 0 Å². The third kappa shape index (κ3) is 2.29. The van der Waals surface area contributed by atoms with Crippen LogP contribution in [0, 0.1) is 0 Å². The van der Waals surface area contributed by atoms with E-state index in [4.69, 9.17) is 0 Å². The van der Waals surface area contributed by atoms with Crippen LogP contribution in [0.4, 0.5) is 10.6 Å². The number of carbonyl (C=O) groups is 1. The van der Waals surface area contributed by atoms with Gasteiger partial charge < -0.3 is 15.1 Å². The summed E-state index contributed by atoms with van der Waals surface area (Å²) in [6.07, 6.45) is 0. The van der Waals surface area contributed by atoms with Gasteiger partial charge in [-0.3, -0.25) is 0 Å². The summed E-state index contributed by atoms with van der Waals surface area (Å²) in [5, 5.41) is 6.32. The number of likely N-dealkylation sites (N-methyl/N-ethyl adjacent to an activating group) is 1. The van der Waals surface area contributed by atoms with E-state index in [0.29, 0.717) is 12.4 Å². The third-order valence-electron chi connectivity index (χ3n) is 3.35. The Morgan fingerprint density at radius 2 is 2.25 bits per heavy atom. The van der Waals surface area contributed by atoms with E-state index in [0.717, 1.165) is 35.7 Å². The number of aromatic nitrogens is 2. The van der Waals surface area contributed by atoms with Crippen LogP contribution in [0.25, 0.3) is 10.2 Å². The first-order valence-electron chi connectivity index (χ1n) is 6.67. The molecule has 2 aromatic rings. The first kappa shape index (κ1) is 13.1. The van der Waals surface area contributed by atoms with Crippen molar-refractivity contribution in [2.75, 3.05) is 32.0 Å². The fourth-order valence-corrected chi connectivity index (χ4v) is 3.08. The van der Waals surface area contributed by atoms with E-state index >= 15 is 0 Å². The summed E-state index contributed by atoms with van der Waals surface area (Å²) in [6, 6.07) is 2.07. The van der Waals surface area contributed by atoms with E-state index in [1.54, 1.807) is 21.1 Å². The molecule has 2 amide bonds. The maximum absolute atomic E-state index is 11.9. The van der Waals surface area contributed by atoms with Gasteiger partial charge in [-0.15, -0.1) is 11.3 Å². The summed E-state index contributed by atoms with van der Waals surface area (Å²) in [4.78, 5) is 25.5. The van der Waals surface area contributed by atoms with Gasteiger partial charge in [-0.05, 0) is 18.4 Å². The Balaban J connectivity index is 1.89. The second-order valence-electron chi connectivity index (χ2n) is 4.78. The number of hydrogen-bond donors (Lipinski definition) is 1. The number of nitrogens with one attached hydrogen (secondary N) is 1. The van der Waals surface area contributed by atoms with E-state index in [2.05, 4.69) is 15.3 Å². The second-order valence-corrected chi connectivity index (χ2v) is 5.68. The van der Waals surface area contributed by atoms with Crippen molar-refractivity contribution in [3.8, 4) is 0 Å². The number of thiophene rings is 1. The molecule has 0 unspecified atom stereocenters. The molecule has 0 atom stereocenters. The number of fused-ring (bicyclic) bond motifs is 1. The molecule has 0 spiro atoms. The largest absolute Gasteiger partial charge is 0.370 e. The van der Waals surface area contributed by atoms with E-state index in [9.17, 15) is 4.79 Å². The second kappa shape index (κ2) is 5.24. The molecule has 0 bridgehead atoms. The van der Waals surface area contributed by atoms with Gasteiger partial charge in [0.25, 0.3) is 0 Å². The lowest BCUT2D eigenvalue weighted by Gasteiger charge is -2.15. The number of hydrogen-bond acceptors (Lipinski definition) is 5. The Bertz CT molecular complexity index is 641. The Kier molecular flexibility index (Phi) is 3.43. The Morgan fingerprint density at radius 3 is 2.95 bits per heavy atom. The molecule has 0 aliphatic carbocycles. The monoisotopic (exact) mass is 291 g/mol. The Hall–Kier alpha value is -1.89. The van der Waals surface area contributed by atoms with Crippen LogP contribution in [0.3, 0.4) is 0 Å². The average molecular weight is 291 g/mol. The lowest BCUT2D eigenvalue weighted by molar-refractivity contribution is 0.196. The van der Waals surface area contributed by atoms with Crippen molar-refractivity contribution in [2.45, 2.75) is 13.5 Å². The first-order valence-corrected chi connectivity index (χ1v) is 7.55. The zero-order chi connectivity index (χ0) is 14.1. The number of anilines is 1. The maximum Gasteiger partial charge on any atom is 0.320 e. The first-order chi connectivity index (χ1) is 9.69. The van der Waals surface area contributed by atoms with E-state index in [-0.39, 0.29) is 6.03 Å². The molecule has 20 heavy (non-hydrogen) atoms. The molecular weight excluding hydrogens is 274 g/mol. The quantitative estimate of drug-likeness (QED) is 0.936. The van der Waals surface area contributed by atoms with Gasteiger partial charge >= 0.3 is 6.03 Å². The standard InChI is InChI=1S/C13H17N5OS/c1-3-14-11-9-4-7-20-12(9)16-10(15-11)8-18-6-5-17(2)13(18)19/h4,7H,3,5-6,8H2,1-2H3,(H,14,15,16). The molecule has 7 heteroatoms. The van der Waals surface area contributed by atoms with Crippen LogP contribution < -0.4 is 5.32 Å². The van der Waals surface area contributed by atoms with Crippen molar-refractivity contribution in [2.24, 2.45) is 0 Å². The van der Waals surface area contributed by atoms with Gasteiger partial charge in [0.1, 0.15) is 10.6 Å². The molecule has 0 radical (unpaired) electrons. The summed E-state index contributed by atoms with van der Waals surface area (Å²) in [5.41, 5.74) is 0.